The molecule has 2 rings (SSSR count). The largest absolute Gasteiger partial charge is 0.493 e. The fourth-order valence-electron chi connectivity index (χ4n) is 2.24. The Morgan fingerprint density at radius 2 is 1.54 bits per heavy atom. The first-order valence-electron chi connectivity index (χ1n) is 8.87. The molecule has 0 saturated carbocycles. The molecule has 5 heteroatoms. The van der Waals surface area contributed by atoms with Crippen LogP contribution in [0.4, 0.5) is 5.69 Å². The minimum absolute atomic E-state index is 0.318. The van der Waals surface area contributed by atoms with Crippen molar-refractivity contribution in [1.82, 2.24) is 5.32 Å². The zero-order valence-corrected chi connectivity index (χ0v) is 15.5. The average Bonchev–Trinajstić information content (AvgIpc) is 2.65. The molecule has 0 fully saturated rings. The Hall–Kier alpha value is -2.82. The number of hydrogen-bond acceptors (Lipinski definition) is 3. The molecule has 0 saturated heterocycles. The van der Waals surface area contributed by atoms with E-state index in [0.717, 1.165) is 17.7 Å². The molecule has 2 N–H and O–H groups in total. The van der Waals surface area contributed by atoms with Crippen LogP contribution in [0.5, 0.6) is 5.75 Å². The zero-order chi connectivity index (χ0) is 18.9. The van der Waals surface area contributed by atoms with Gasteiger partial charge in [-0.15, -0.1) is 0 Å². The Balaban J connectivity index is 1.81. The molecule has 2 aromatic carbocycles. The van der Waals surface area contributed by atoms with Crippen LogP contribution in [-0.2, 0) is 22.6 Å². The summed E-state index contributed by atoms with van der Waals surface area (Å²) in [6.07, 6.45) is 0.969. The van der Waals surface area contributed by atoms with E-state index in [1.807, 2.05) is 24.3 Å². The molecular formula is C21H26N2O3. The van der Waals surface area contributed by atoms with E-state index in [4.69, 9.17) is 4.74 Å². The van der Waals surface area contributed by atoms with E-state index in [2.05, 4.69) is 31.4 Å². The quantitative estimate of drug-likeness (QED) is 0.748. The minimum atomic E-state index is -0.689. The van der Waals surface area contributed by atoms with E-state index in [9.17, 15) is 9.59 Å². The van der Waals surface area contributed by atoms with Crippen molar-refractivity contribution >= 4 is 17.5 Å². The van der Waals surface area contributed by atoms with Gasteiger partial charge < -0.3 is 15.4 Å². The van der Waals surface area contributed by atoms with Crippen LogP contribution >= 0.6 is 0 Å². The van der Waals surface area contributed by atoms with E-state index >= 15 is 0 Å². The highest BCUT2D eigenvalue weighted by Gasteiger charge is 2.13. The summed E-state index contributed by atoms with van der Waals surface area (Å²) >= 11 is 0. The first-order chi connectivity index (χ1) is 12.5. The monoisotopic (exact) mass is 354 g/mol. The summed E-state index contributed by atoms with van der Waals surface area (Å²) in [6, 6.07) is 14.9. The number of aryl methyl sites for hydroxylation is 1. The Bertz CT molecular complexity index is 722. The molecule has 26 heavy (non-hydrogen) atoms. The van der Waals surface area contributed by atoms with Crippen LogP contribution in [0, 0.1) is 5.92 Å². The molecule has 5 nitrogen and oxygen atoms in total. The number of carbonyl (C=O) groups is 2. The molecule has 2 aromatic rings. The summed E-state index contributed by atoms with van der Waals surface area (Å²) in [5, 5.41) is 5.21. The summed E-state index contributed by atoms with van der Waals surface area (Å²) in [5.41, 5.74) is 2.74. The normalized spacial score (nSPS) is 10.5. The van der Waals surface area contributed by atoms with Crippen LogP contribution in [0.3, 0.4) is 0 Å². The third kappa shape index (κ3) is 6.24. The van der Waals surface area contributed by atoms with Crippen molar-refractivity contribution in [2.24, 2.45) is 5.92 Å². The first kappa shape index (κ1) is 19.5. The molecule has 0 atom stereocenters. The van der Waals surface area contributed by atoms with Crippen molar-refractivity contribution < 1.29 is 14.3 Å². The van der Waals surface area contributed by atoms with Gasteiger partial charge >= 0.3 is 11.8 Å². The second kappa shape index (κ2) is 9.61. The maximum absolute atomic E-state index is 12.0. The first-order valence-corrected chi connectivity index (χ1v) is 8.87. The lowest BCUT2D eigenvalue weighted by molar-refractivity contribution is -0.136. The number of rotatable bonds is 7. The fraction of sp³-hybridized carbons (Fsp3) is 0.333. The molecular weight excluding hydrogens is 328 g/mol. The number of ether oxygens (including phenoxy) is 1. The fourth-order valence-corrected chi connectivity index (χ4v) is 2.24. The van der Waals surface area contributed by atoms with Gasteiger partial charge in [-0.2, -0.15) is 0 Å². The van der Waals surface area contributed by atoms with Gasteiger partial charge in [-0.05, 0) is 47.7 Å². The summed E-state index contributed by atoms with van der Waals surface area (Å²) in [5.74, 6) is -0.177. The molecule has 0 aliphatic carbocycles. The number of anilines is 1. The molecule has 0 unspecified atom stereocenters. The smallest absolute Gasteiger partial charge is 0.313 e. The summed E-state index contributed by atoms with van der Waals surface area (Å²) in [4.78, 5) is 23.9. The highest BCUT2D eigenvalue weighted by Crippen LogP contribution is 2.16. The molecule has 138 valence electrons. The van der Waals surface area contributed by atoms with Crippen molar-refractivity contribution in [3.8, 4) is 5.75 Å². The van der Waals surface area contributed by atoms with Crippen molar-refractivity contribution in [2.45, 2.75) is 33.7 Å². The van der Waals surface area contributed by atoms with Gasteiger partial charge in [-0.3, -0.25) is 9.59 Å². The lowest BCUT2D eigenvalue weighted by Gasteiger charge is -2.10. The topological polar surface area (TPSA) is 67.4 Å². The Morgan fingerprint density at radius 1 is 0.923 bits per heavy atom. The third-order valence-electron chi connectivity index (χ3n) is 3.79. The minimum Gasteiger partial charge on any atom is -0.493 e. The van der Waals surface area contributed by atoms with Crippen LogP contribution in [0.25, 0.3) is 0 Å². The van der Waals surface area contributed by atoms with E-state index in [0.29, 0.717) is 24.8 Å². The average molecular weight is 354 g/mol. The van der Waals surface area contributed by atoms with Gasteiger partial charge in [0.05, 0.1) is 6.61 Å². The third-order valence-corrected chi connectivity index (χ3v) is 3.79. The lowest BCUT2D eigenvalue weighted by Crippen LogP contribution is -2.34. The molecule has 0 heterocycles. The molecule has 0 bridgehead atoms. The second-order valence-corrected chi connectivity index (χ2v) is 6.54. The summed E-state index contributed by atoms with van der Waals surface area (Å²) < 4.78 is 5.59. The Morgan fingerprint density at radius 3 is 2.12 bits per heavy atom. The molecule has 2 amide bonds. The van der Waals surface area contributed by atoms with Gasteiger partial charge in [-0.1, -0.05) is 45.0 Å². The molecule has 0 aliphatic heterocycles. The van der Waals surface area contributed by atoms with Crippen LogP contribution < -0.4 is 15.4 Å². The van der Waals surface area contributed by atoms with Gasteiger partial charge in [0.25, 0.3) is 0 Å². The number of amides is 2. The van der Waals surface area contributed by atoms with Crippen molar-refractivity contribution in [1.29, 1.82) is 0 Å². The SMILES string of the molecule is CCc1ccc(CNC(=O)C(=O)Nc2ccc(OCC(C)C)cc2)cc1. The summed E-state index contributed by atoms with van der Waals surface area (Å²) in [7, 11) is 0. The standard InChI is InChI=1S/C21H26N2O3/c1-4-16-5-7-17(8-6-16)13-22-20(24)21(25)23-18-9-11-19(12-10-18)26-14-15(2)3/h5-12,15H,4,13-14H2,1-3H3,(H,22,24)(H,23,25). The van der Waals surface area contributed by atoms with Gasteiger partial charge in [-0.25, -0.2) is 0 Å². The van der Waals surface area contributed by atoms with Crippen molar-refractivity contribution in [3.05, 3.63) is 59.7 Å². The number of carbonyl (C=O) groups excluding carboxylic acids is 2. The van der Waals surface area contributed by atoms with E-state index < -0.39 is 11.8 Å². The van der Waals surface area contributed by atoms with Crippen LogP contribution in [-0.4, -0.2) is 18.4 Å². The van der Waals surface area contributed by atoms with Gasteiger partial charge in [0.15, 0.2) is 0 Å². The van der Waals surface area contributed by atoms with Crippen LogP contribution in [0.1, 0.15) is 31.9 Å². The highest BCUT2D eigenvalue weighted by atomic mass is 16.5. The molecule has 0 aromatic heterocycles. The summed E-state index contributed by atoms with van der Waals surface area (Å²) in [6.45, 7) is 7.19. The molecule has 0 spiro atoms. The number of hydrogen-bond donors (Lipinski definition) is 2. The second-order valence-electron chi connectivity index (χ2n) is 6.54. The van der Waals surface area contributed by atoms with E-state index in [1.54, 1.807) is 24.3 Å². The van der Waals surface area contributed by atoms with E-state index in [1.165, 1.54) is 5.56 Å². The van der Waals surface area contributed by atoms with Gasteiger partial charge in [0.2, 0.25) is 0 Å². The van der Waals surface area contributed by atoms with Crippen molar-refractivity contribution in [3.63, 3.8) is 0 Å². The Labute approximate surface area is 154 Å². The predicted octanol–water partition coefficient (Wildman–Crippen LogP) is 3.54. The molecule has 0 aliphatic rings. The highest BCUT2D eigenvalue weighted by molar-refractivity contribution is 6.39. The van der Waals surface area contributed by atoms with Crippen LogP contribution in [0.2, 0.25) is 0 Å². The van der Waals surface area contributed by atoms with Crippen molar-refractivity contribution in [2.75, 3.05) is 11.9 Å². The number of benzene rings is 2. The van der Waals surface area contributed by atoms with Crippen LogP contribution in [0.15, 0.2) is 48.5 Å². The van der Waals surface area contributed by atoms with Gasteiger partial charge in [0, 0.05) is 12.2 Å². The Kier molecular flexibility index (Phi) is 7.21. The lowest BCUT2D eigenvalue weighted by atomic mass is 10.1. The zero-order valence-electron chi connectivity index (χ0n) is 15.5. The number of nitrogens with one attached hydrogen (secondary N) is 2. The maximum atomic E-state index is 12.0. The van der Waals surface area contributed by atoms with Gasteiger partial charge in [0.1, 0.15) is 5.75 Å². The predicted molar refractivity (Wildman–Crippen MR) is 103 cm³/mol. The molecule has 0 radical (unpaired) electrons. The maximum Gasteiger partial charge on any atom is 0.313 e. The van der Waals surface area contributed by atoms with E-state index in [-0.39, 0.29) is 0 Å².